The quantitative estimate of drug-likeness (QED) is 0.750. The number of pyridine rings is 1. The average molecular weight is 386 g/mol. The highest BCUT2D eigenvalue weighted by Crippen LogP contribution is 2.49. The van der Waals surface area contributed by atoms with E-state index in [-0.39, 0.29) is 0 Å². The number of benzene rings is 1. The van der Waals surface area contributed by atoms with E-state index in [9.17, 15) is 0 Å². The van der Waals surface area contributed by atoms with Crippen LogP contribution in [-0.2, 0) is 15.3 Å². The first kappa shape index (κ1) is 17.0. The molecule has 3 heterocycles. The van der Waals surface area contributed by atoms with Gasteiger partial charge in [-0.05, 0) is 30.2 Å². The maximum absolute atomic E-state index is 6.29. The molecule has 1 aliphatic carbocycles. The molecule has 0 N–H and O–H groups in total. The second-order valence-corrected chi connectivity index (χ2v) is 7.62. The zero-order valence-electron chi connectivity index (χ0n) is 15.0. The van der Waals surface area contributed by atoms with E-state index in [1.807, 2.05) is 25.1 Å². The molecule has 140 valence electrons. The summed E-state index contributed by atoms with van der Waals surface area (Å²) < 4.78 is 24.1. The Hall–Kier alpha value is -2.08. The summed E-state index contributed by atoms with van der Waals surface area (Å²) in [6.07, 6.45) is 6.27. The maximum atomic E-state index is 6.29. The van der Waals surface area contributed by atoms with Crippen molar-refractivity contribution in [1.29, 1.82) is 0 Å². The number of rotatable bonds is 2. The smallest absolute Gasteiger partial charge is 0.292 e. The van der Waals surface area contributed by atoms with Crippen molar-refractivity contribution in [2.45, 2.75) is 37.8 Å². The zero-order valence-corrected chi connectivity index (χ0v) is 15.8. The number of fused-ring (bicyclic) bond motifs is 1. The molecule has 27 heavy (non-hydrogen) atoms. The summed E-state index contributed by atoms with van der Waals surface area (Å²) in [4.78, 5) is 4.38. The highest BCUT2D eigenvalue weighted by molar-refractivity contribution is 6.30. The van der Waals surface area contributed by atoms with Crippen LogP contribution in [0.15, 0.2) is 42.6 Å². The van der Waals surface area contributed by atoms with Gasteiger partial charge in [-0.25, -0.2) is 0 Å². The minimum absolute atomic E-state index is 0.430. The Morgan fingerprint density at radius 1 is 1.07 bits per heavy atom. The molecule has 1 aromatic heterocycles. The van der Waals surface area contributed by atoms with Crippen molar-refractivity contribution < 1.29 is 18.9 Å². The average Bonchev–Trinajstić information content (AvgIpc) is 3.27. The van der Waals surface area contributed by atoms with Crippen LogP contribution in [0.3, 0.4) is 0 Å². The van der Waals surface area contributed by atoms with Gasteiger partial charge in [0.15, 0.2) is 17.3 Å². The number of allylic oxidation sites excluding steroid dienone is 1. The normalized spacial score (nSPS) is 25.6. The van der Waals surface area contributed by atoms with Gasteiger partial charge in [-0.2, -0.15) is 0 Å². The predicted octanol–water partition coefficient (Wildman–Crippen LogP) is 4.69. The Kier molecular flexibility index (Phi) is 3.93. The molecule has 0 radical (unpaired) electrons. The van der Waals surface area contributed by atoms with Crippen molar-refractivity contribution in [3.05, 3.63) is 58.9 Å². The fourth-order valence-corrected chi connectivity index (χ4v) is 4.05. The Balaban J connectivity index is 1.45. The van der Waals surface area contributed by atoms with Gasteiger partial charge in [0.25, 0.3) is 5.79 Å². The Morgan fingerprint density at radius 3 is 2.63 bits per heavy atom. The molecule has 0 bridgehead atoms. The molecule has 0 saturated carbocycles. The highest BCUT2D eigenvalue weighted by Gasteiger charge is 2.43. The van der Waals surface area contributed by atoms with Crippen LogP contribution in [-0.4, -0.2) is 24.0 Å². The second-order valence-electron chi connectivity index (χ2n) is 7.19. The van der Waals surface area contributed by atoms with E-state index in [0.29, 0.717) is 23.9 Å². The van der Waals surface area contributed by atoms with Crippen molar-refractivity contribution in [1.82, 2.24) is 4.98 Å². The number of hydrogen-bond acceptors (Lipinski definition) is 5. The molecular weight excluding hydrogens is 366 g/mol. The van der Waals surface area contributed by atoms with Crippen LogP contribution in [0.1, 0.15) is 37.4 Å². The predicted molar refractivity (Wildman–Crippen MR) is 101 cm³/mol. The van der Waals surface area contributed by atoms with Gasteiger partial charge in [0.1, 0.15) is 5.69 Å². The standard InChI is InChI=1S/C21H20ClNO4/c1-20(18-6-5-15(22)13-23-18)26-17-4-2-3-16(19(17)27-20)14-7-9-21(10-8-14)24-11-12-25-21/h2-7,13H,8-12H2,1H3/t20-/m0/s1. The fraction of sp³-hybridized carbons (Fsp3) is 0.381. The van der Waals surface area contributed by atoms with Gasteiger partial charge in [0.05, 0.1) is 18.2 Å². The third kappa shape index (κ3) is 2.90. The topological polar surface area (TPSA) is 49.8 Å². The van der Waals surface area contributed by atoms with Gasteiger partial charge >= 0.3 is 0 Å². The summed E-state index contributed by atoms with van der Waals surface area (Å²) in [5.74, 6) is 0.0750. The van der Waals surface area contributed by atoms with Gasteiger partial charge in [-0.15, -0.1) is 0 Å². The maximum Gasteiger partial charge on any atom is 0.292 e. The fourth-order valence-electron chi connectivity index (χ4n) is 3.94. The number of ether oxygens (including phenoxy) is 4. The summed E-state index contributed by atoms with van der Waals surface area (Å²) in [5.41, 5.74) is 2.96. The molecular formula is C21H20ClNO4. The molecule has 0 unspecified atom stereocenters. The van der Waals surface area contributed by atoms with Gasteiger partial charge < -0.3 is 18.9 Å². The van der Waals surface area contributed by atoms with Crippen molar-refractivity contribution in [3.63, 3.8) is 0 Å². The van der Waals surface area contributed by atoms with E-state index in [2.05, 4.69) is 17.1 Å². The first-order valence-corrected chi connectivity index (χ1v) is 9.55. The SMILES string of the molecule is C[C@]1(c2ccc(Cl)cn2)Oc2cccc(C3=CCC4(CC3)OCCO4)c2O1. The lowest BCUT2D eigenvalue weighted by molar-refractivity contribution is -0.159. The lowest BCUT2D eigenvalue weighted by atomic mass is 9.89. The van der Waals surface area contributed by atoms with Crippen LogP contribution in [0.2, 0.25) is 5.02 Å². The molecule has 3 aliphatic rings. The van der Waals surface area contributed by atoms with Crippen molar-refractivity contribution in [2.24, 2.45) is 0 Å². The van der Waals surface area contributed by atoms with E-state index in [1.54, 1.807) is 12.3 Å². The van der Waals surface area contributed by atoms with Crippen molar-refractivity contribution in [2.75, 3.05) is 13.2 Å². The molecule has 2 aliphatic heterocycles. The van der Waals surface area contributed by atoms with E-state index < -0.39 is 11.6 Å². The van der Waals surface area contributed by atoms with Gasteiger partial charge in [-0.1, -0.05) is 29.8 Å². The summed E-state index contributed by atoms with van der Waals surface area (Å²) in [5, 5.41) is 0.580. The summed E-state index contributed by atoms with van der Waals surface area (Å²) in [7, 11) is 0. The molecule has 1 saturated heterocycles. The van der Waals surface area contributed by atoms with Crippen LogP contribution < -0.4 is 9.47 Å². The Morgan fingerprint density at radius 2 is 1.93 bits per heavy atom. The third-order valence-electron chi connectivity index (χ3n) is 5.37. The molecule has 1 fully saturated rings. The second kappa shape index (κ2) is 6.23. The lowest BCUT2D eigenvalue weighted by Crippen LogP contribution is -2.32. The number of hydrogen-bond donors (Lipinski definition) is 0. The minimum atomic E-state index is -0.975. The number of aromatic nitrogens is 1. The summed E-state index contributed by atoms with van der Waals surface area (Å²) >= 11 is 5.96. The van der Waals surface area contributed by atoms with Gasteiger partial charge in [0.2, 0.25) is 0 Å². The Bertz CT molecular complexity index is 905. The van der Waals surface area contributed by atoms with E-state index in [4.69, 9.17) is 30.5 Å². The molecule has 2 aromatic rings. The Labute approximate surface area is 162 Å². The molecule has 1 atom stereocenters. The third-order valence-corrected chi connectivity index (χ3v) is 5.59. The van der Waals surface area contributed by atoms with Gasteiger partial charge in [0, 0.05) is 31.5 Å². The number of nitrogens with zero attached hydrogens (tertiary/aromatic N) is 1. The summed E-state index contributed by atoms with van der Waals surface area (Å²) in [6.45, 7) is 3.22. The summed E-state index contributed by atoms with van der Waals surface area (Å²) in [6, 6.07) is 9.60. The van der Waals surface area contributed by atoms with Crippen LogP contribution >= 0.6 is 11.6 Å². The number of halogens is 1. The highest BCUT2D eigenvalue weighted by atomic mass is 35.5. The van der Waals surface area contributed by atoms with Crippen LogP contribution in [0.4, 0.5) is 0 Å². The first-order chi connectivity index (χ1) is 13.1. The molecule has 5 rings (SSSR count). The first-order valence-electron chi connectivity index (χ1n) is 9.17. The van der Waals surface area contributed by atoms with Gasteiger partial charge in [-0.3, -0.25) is 4.98 Å². The molecule has 1 aromatic carbocycles. The number of para-hydroxylation sites is 1. The largest absolute Gasteiger partial charge is 0.443 e. The lowest BCUT2D eigenvalue weighted by Gasteiger charge is -2.31. The monoisotopic (exact) mass is 385 g/mol. The van der Waals surface area contributed by atoms with E-state index >= 15 is 0 Å². The van der Waals surface area contributed by atoms with Crippen LogP contribution in [0.5, 0.6) is 11.5 Å². The van der Waals surface area contributed by atoms with Crippen molar-refractivity contribution >= 4 is 17.2 Å². The van der Waals surface area contributed by atoms with Crippen LogP contribution in [0.25, 0.3) is 5.57 Å². The zero-order chi connectivity index (χ0) is 18.5. The van der Waals surface area contributed by atoms with Crippen LogP contribution in [0, 0.1) is 0 Å². The molecule has 5 nitrogen and oxygen atoms in total. The van der Waals surface area contributed by atoms with E-state index in [0.717, 1.165) is 36.3 Å². The minimum Gasteiger partial charge on any atom is -0.443 e. The van der Waals surface area contributed by atoms with E-state index in [1.165, 1.54) is 5.57 Å². The molecule has 1 spiro atoms. The van der Waals surface area contributed by atoms with Crippen molar-refractivity contribution in [3.8, 4) is 11.5 Å². The molecule has 6 heteroatoms. The molecule has 0 amide bonds.